The van der Waals surface area contributed by atoms with Crippen LogP contribution in [-0.4, -0.2) is 22.7 Å². The van der Waals surface area contributed by atoms with Gasteiger partial charge in [0.2, 0.25) is 0 Å². The standard InChI is InChI=1S/C11H11NO4/c1-11(9(14)12-10(15)16-11)6-7-3-2-4-8(13)5-7/h2-5,13H,6H2,1H3,(H,12,14,15)/t11-/m1/s1. The molecular weight excluding hydrogens is 210 g/mol. The maximum atomic E-state index is 11.5. The fourth-order valence-corrected chi connectivity index (χ4v) is 1.67. The number of amides is 2. The maximum absolute atomic E-state index is 11.5. The topological polar surface area (TPSA) is 75.6 Å². The van der Waals surface area contributed by atoms with Crippen molar-refractivity contribution in [3.05, 3.63) is 29.8 Å². The third-order valence-electron chi connectivity index (χ3n) is 2.47. The van der Waals surface area contributed by atoms with Gasteiger partial charge in [-0.1, -0.05) is 12.1 Å². The minimum absolute atomic E-state index is 0.117. The molecule has 0 aromatic heterocycles. The zero-order chi connectivity index (χ0) is 11.8. The molecule has 1 saturated heterocycles. The van der Waals surface area contributed by atoms with E-state index < -0.39 is 17.6 Å². The van der Waals surface area contributed by atoms with Crippen molar-refractivity contribution in [2.24, 2.45) is 0 Å². The van der Waals surface area contributed by atoms with Gasteiger partial charge in [0.25, 0.3) is 5.91 Å². The summed E-state index contributed by atoms with van der Waals surface area (Å²) in [5.41, 5.74) is -0.461. The molecule has 0 spiro atoms. The first-order chi connectivity index (χ1) is 7.49. The highest BCUT2D eigenvalue weighted by molar-refractivity contribution is 6.02. The molecule has 1 aliphatic rings. The van der Waals surface area contributed by atoms with Crippen LogP contribution in [0.2, 0.25) is 0 Å². The number of carbonyl (C=O) groups excluding carboxylic acids is 2. The lowest BCUT2D eigenvalue weighted by molar-refractivity contribution is -0.129. The van der Waals surface area contributed by atoms with E-state index >= 15 is 0 Å². The molecular formula is C11H11NO4. The van der Waals surface area contributed by atoms with Crippen molar-refractivity contribution in [1.29, 1.82) is 0 Å². The Morgan fingerprint density at radius 3 is 2.75 bits per heavy atom. The molecule has 1 fully saturated rings. The predicted octanol–water partition coefficient (Wildman–Crippen LogP) is 0.960. The minimum Gasteiger partial charge on any atom is -0.508 e. The molecule has 0 saturated carbocycles. The first-order valence-electron chi connectivity index (χ1n) is 4.82. The van der Waals surface area contributed by atoms with Crippen LogP contribution < -0.4 is 5.32 Å². The van der Waals surface area contributed by atoms with E-state index in [1.165, 1.54) is 19.1 Å². The monoisotopic (exact) mass is 221 g/mol. The smallest absolute Gasteiger partial charge is 0.415 e. The number of hydrogen-bond donors (Lipinski definition) is 2. The first kappa shape index (κ1) is 10.5. The number of nitrogens with one attached hydrogen (secondary N) is 1. The van der Waals surface area contributed by atoms with Gasteiger partial charge in [-0.2, -0.15) is 0 Å². The number of alkyl carbamates (subject to hydrolysis) is 1. The fourth-order valence-electron chi connectivity index (χ4n) is 1.67. The molecule has 2 amide bonds. The number of phenolic OH excluding ortho intramolecular Hbond substituents is 1. The molecule has 1 heterocycles. The fraction of sp³-hybridized carbons (Fsp3) is 0.273. The molecule has 0 radical (unpaired) electrons. The van der Waals surface area contributed by atoms with E-state index in [0.717, 1.165) is 5.56 Å². The Bertz CT molecular complexity index is 457. The van der Waals surface area contributed by atoms with Crippen molar-refractivity contribution in [1.82, 2.24) is 5.32 Å². The van der Waals surface area contributed by atoms with Crippen LogP contribution in [0.4, 0.5) is 4.79 Å². The van der Waals surface area contributed by atoms with Gasteiger partial charge >= 0.3 is 6.09 Å². The van der Waals surface area contributed by atoms with E-state index in [0.29, 0.717) is 0 Å². The zero-order valence-corrected chi connectivity index (χ0v) is 8.69. The van der Waals surface area contributed by atoms with Crippen molar-refractivity contribution in [3.63, 3.8) is 0 Å². The first-order valence-corrected chi connectivity index (χ1v) is 4.82. The molecule has 0 bridgehead atoms. The van der Waals surface area contributed by atoms with Crippen LogP contribution in [-0.2, 0) is 16.0 Å². The van der Waals surface area contributed by atoms with Gasteiger partial charge in [-0.25, -0.2) is 4.79 Å². The number of cyclic esters (lactones) is 1. The van der Waals surface area contributed by atoms with Gasteiger partial charge in [0.1, 0.15) is 5.75 Å². The average molecular weight is 221 g/mol. The second-order valence-corrected chi connectivity index (χ2v) is 3.92. The number of benzene rings is 1. The largest absolute Gasteiger partial charge is 0.508 e. The van der Waals surface area contributed by atoms with Crippen molar-refractivity contribution < 1.29 is 19.4 Å². The van der Waals surface area contributed by atoms with E-state index in [4.69, 9.17) is 4.74 Å². The second kappa shape index (κ2) is 3.52. The predicted molar refractivity (Wildman–Crippen MR) is 54.8 cm³/mol. The summed E-state index contributed by atoms with van der Waals surface area (Å²) in [6.45, 7) is 1.54. The van der Waals surface area contributed by atoms with Crippen LogP contribution in [0.15, 0.2) is 24.3 Å². The van der Waals surface area contributed by atoms with Crippen molar-refractivity contribution in [3.8, 4) is 5.75 Å². The summed E-state index contributed by atoms with van der Waals surface area (Å²) in [4.78, 5) is 22.4. The highest BCUT2D eigenvalue weighted by Crippen LogP contribution is 2.24. The van der Waals surface area contributed by atoms with Gasteiger partial charge in [-0.3, -0.25) is 10.1 Å². The van der Waals surface area contributed by atoms with Crippen LogP contribution in [0.3, 0.4) is 0 Å². The average Bonchev–Trinajstić information content (AvgIpc) is 2.39. The number of carbonyl (C=O) groups is 2. The minimum atomic E-state index is -1.19. The van der Waals surface area contributed by atoms with Crippen LogP contribution in [0, 0.1) is 0 Å². The summed E-state index contributed by atoms with van der Waals surface area (Å²) in [6, 6.07) is 6.49. The second-order valence-electron chi connectivity index (χ2n) is 3.92. The summed E-state index contributed by atoms with van der Waals surface area (Å²) < 4.78 is 4.92. The number of aromatic hydroxyl groups is 1. The van der Waals surface area contributed by atoms with Gasteiger partial charge in [0, 0.05) is 6.42 Å². The molecule has 16 heavy (non-hydrogen) atoms. The number of ether oxygens (including phenoxy) is 1. The van der Waals surface area contributed by atoms with E-state index in [1.54, 1.807) is 12.1 Å². The lowest BCUT2D eigenvalue weighted by atomic mass is 9.96. The third kappa shape index (κ3) is 1.84. The summed E-state index contributed by atoms with van der Waals surface area (Å²) in [5.74, 6) is -0.341. The molecule has 0 aliphatic carbocycles. The van der Waals surface area contributed by atoms with Crippen molar-refractivity contribution >= 4 is 12.0 Å². The molecule has 1 atom stereocenters. The summed E-state index contributed by atoms with van der Waals surface area (Å²) in [5, 5.41) is 11.4. The van der Waals surface area contributed by atoms with E-state index in [-0.39, 0.29) is 12.2 Å². The Labute approximate surface area is 92.0 Å². The van der Waals surface area contributed by atoms with Crippen molar-refractivity contribution in [2.45, 2.75) is 18.9 Å². The van der Waals surface area contributed by atoms with Gasteiger partial charge in [-0.05, 0) is 24.6 Å². The zero-order valence-electron chi connectivity index (χ0n) is 8.69. The number of rotatable bonds is 2. The Morgan fingerprint density at radius 2 is 2.19 bits per heavy atom. The highest BCUT2D eigenvalue weighted by atomic mass is 16.6. The lowest BCUT2D eigenvalue weighted by Gasteiger charge is -2.18. The molecule has 2 N–H and O–H groups in total. The summed E-state index contributed by atoms with van der Waals surface area (Å²) in [7, 11) is 0. The van der Waals surface area contributed by atoms with Gasteiger partial charge in [0.15, 0.2) is 5.60 Å². The molecule has 0 unspecified atom stereocenters. The summed E-state index contributed by atoms with van der Waals surface area (Å²) in [6.07, 6.45) is -0.494. The van der Waals surface area contributed by atoms with Crippen LogP contribution in [0.25, 0.3) is 0 Å². The molecule has 1 aromatic carbocycles. The molecule has 84 valence electrons. The SMILES string of the molecule is C[C@]1(Cc2cccc(O)c2)OC(=O)NC1=O. The normalized spacial score (nSPS) is 24.1. The third-order valence-corrected chi connectivity index (χ3v) is 2.47. The van der Waals surface area contributed by atoms with Crippen LogP contribution >= 0.6 is 0 Å². The van der Waals surface area contributed by atoms with Gasteiger partial charge in [0.05, 0.1) is 0 Å². The Kier molecular flexibility index (Phi) is 2.30. The Morgan fingerprint density at radius 1 is 1.44 bits per heavy atom. The summed E-state index contributed by atoms with van der Waals surface area (Å²) >= 11 is 0. The Balaban J connectivity index is 2.21. The number of phenols is 1. The molecule has 5 heteroatoms. The molecule has 1 aromatic rings. The van der Waals surface area contributed by atoms with E-state index in [9.17, 15) is 14.7 Å². The van der Waals surface area contributed by atoms with Crippen LogP contribution in [0.1, 0.15) is 12.5 Å². The molecule has 2 rings (SSSR count). The van der Waals surface area contributed by atoms with Gasteiger partial charge in [-0.15, -0.1) is 0 Å². The molecule has 1 aliphatic heterocycles. The van der Waals surface area contributed by atoms with Gasteiger partial charge < -0.3 is 9.84 Å². The Hall–Kier alpha value is -2.04. The number of imide groups is 1. The van der Waals surface area contributed by atoms with E-state index in [1.807, 2.05) is 0 Å². The maximum Gasteiger partial charge on any atom is 0.415 e. The number of hydrogen-bond acceptors (Lipinski definition) is 4. The highest BCUT2D eigenvalue weighted by Gasteiger charge is 2.44. The van der Waals surface area contributed by atoms with Crippen molar-refractivity contribution in [2.75, 3.05) is 0 Å². The quantitative estimate of drug-likeness (QED) is 0.779. The lowest BCUT2D eigenvalue weighted by Crippen LogP contribution is -2.38. The van der Waals surface area contributed by atoms with E-state index in [2.05, 4.69) is 5.32 Å². The van der Waals surface area contributed by atoms with Crippen LogP contribution in [0.5, 0.6) is 5.75 Å². The molecule has 5 nitrogen and oxygen atoms in total.